The monoisotopic (exact) mass is 369 g/mol. The summed E-state index contributed by atoms with van der Waals surface area (Å²) in [5.41, 5.74) is 0.522. The zero-order valence-corrected chi connectivity index (χ0v) is 17.5. The van der Waals surface area contributed by atoms with Gasteiger partial charge < -0.3 is 10.1 Å². The van der Waals surface area contributed by atoms with E-state index in [9.17, 15) is 4.79 Å². The van der Waals surface area contributed by atoms with Gasteiger partial charge in [0.15, 0.2) is 5.60 Å². The Labute approximate surface area is 164 Å². The molecule has 4 fully saturated rings. The first-order chi connectivity index (χ1) is 12.6. The molecule has 4 saturated carbocycles. The van der Waals surface area contributed by atoms with Crippen molar-refractivity contribution in [1.82, 2.24) is 5.32 Å². The Balaban J connectivity index is 1.40. The maximum absolute atomic E-state index is 13.1. The maximum atomic E-state index is 13.1. The topological polar surface area (TPSA) is 38.3 Å². The summed E-state index contributed by atoms with van der Waals surface area (Å²) in [6.07, 6.45) is 6.69. The van der Waals surface area contributed by atoms with Crippen LogP contribution in [0.4, 0.5) is 0 Å². The van der Waals surface area contributed by atoms with Gasteiger partial charge in [-0.25, -0.2) is 0 Å². The van der Waals surface area contributed by atoms with Gasteiger partial charge in [0.2, 0.25) is 0 Å². The van der Waals surface area contributed by atoms with Gasteiger partial charge in [-0.15, -0.1) is 0 Å². The second-order valence-corrected chi connectivity index (χ2v) is 10.8. The molecule has 1 N–H and O–H groups in total. The molecule has 3 nitrogen and oxygen atoms in total. The molecule has 0 heterocycles. The minimum absolute atomic E-state index is 0.0277. The van der Waals surface area contributed by atoms with Crippen LogP contribution in [0.3, 0.4) is 0 Å². The molecule has 0 unspecified atom stereocenters. The lowest BCUT2D eigenvalue weighted by molar-refractivity contribution is -0.138. The van der Waals surface area contributed by atoms with Crippen LogP contribution in [-0.4, -0.2) is 17.6 Å². The molecule has 1 aromatic carbocycles. The van der Waals surface area contributed by atoms with Crippen molar-refractivity contribution in [2.45, 2.75) is 83.8 Å². The number of rotatable bonds is 4. The Morgan fingerprint density at radius 3 is 1.89 bits per heavy atom. The maximum Gasteiger partial charge on any atom is 0.263 e. The van der Waals surface area contributed by atoms with Crippen molar-refractivity contribution in [2.24, 2.45) is 23.7 Å². The van der Waals surface area contributed by atoms with E-state index in [1.165, 1.54) is 37.7 Å². The lowest BCUT2D eigenvalue weighted by Gasteiger charge is -2.54. The van der Waals surface area contributed by atoms with E-state index >= 15 is 0 Å². The summed E-state index contributed by atoms with van der Waals surface area (Å²) in [5, 5.41) is 3.39. The van der Waals surface area contributed by atoms with Crippen molar-refractivity contribution in [3.05, 3.63) is 29.8 Å². The van der Waals surface area contributed by atoms with Crippen LogP contribution in [0.25, 0.3) is 0 Å². The van der Waals surface area contributed by atoms with Crippen LogP contribution in [0.2, 0.25) is 0 Å². The Hall–Kier alpha value is -1.51. The van der Waals surface area contributed by atoms with E-state index in [0.717, 1.165) is 17.6 Å². The number of amides is 1. The highest BCUT2D eigenvalue weighted by Gasteiger charge is 2.49. The first-order valence-corrected chi connectivity index (χ1v) is 10.7. The molecule has 0 aromatic heterocycles. The molecule has 0 radical (unpaired) electrons. The number of hydrogen-bond acceptors (Lipinski definition) is 2. The predicted octanol–water partition coefficient (Wildman–Crippen LogP) is 5.08. The fraction of sp³-hybridized carbons (Fsp3) is 0.708. The van der Waals surface area contributed by atoms with Crippen LogP contribution in [0.5, 0.6) is 5.75 Å². The molecule has 0 spiro atoms. The third-order valence-corrected chi connectivity index (χ3v) is 7.16. The number of carbonyl (C=O) groups excluding carboxylic acids is 1. The van der Waals surface area contributed by atoms with E-state index in [-0.39, 0.29) is 11.3 Å². The fourth-order valence-corrected chi connectivity index (χ4v) is 5.85. The van der Waals surface area contributed by atoms with Gasteiger partial charge in [0.25, 0.3) is 5.91 Å². The zero-order chi connectivity index (χ0) is 19.4. The Morgan fingerprint density at radius 2 is 1.41 bits per heavy atom. The first-order valence-electron chi connectivity index (χ1n) is 10.7. The van der Waals surface area contributed by atoms with E-state index < -0.39 is 5.60 Å². The highest BCUT2D eigenvalue weighted by molar-refractivity contribution is 5.85. The summed E-state index contributed by atoms with van der Waals surface area (Å²) in [5.74, 6) is 4.00. The van der Waals surface area contributed by atoms with Crippen LogP contribution in [0.15, 0.2) is 24.3 Å². The van der Waals surface area contributed by atoms with Gasteiger partial charge in [-0.05, 0) is 92.7 Å². The molecular weight excluding hydrogens is 334 g/mol. The third kappa shape index (κ3) is 3.75. The predicted molar refractivity (Wildman–Crippen MR) is 109 cm³/mol. The van der Waals surface area contributed by atoms with Crippen molar-refractivity contribution < 1.29 is 9.53 Å². The number of carbonyl (C=O) groups is 1. The summed E-state index contributed by atoms with van der Waals surface area (Å²) >= 11 is 0. The SMILES string of the molecule is CC(C)(Oc1ccc(C(C)(C)C)cc1)C(=O)NC1C2CC3CC(C2)CC1C3. The Kier molecular flexibility index (Phi) is 4.56. The molecule has 0 saturated heterocycles. The molecular formula is C24H35NO2. The minimum atomic E-state index is -0.863. The highest BCUT2D eigenvalue weighted by Crippen LogP contribution is 2.53. The summed E-state index contributed by atoms with van der Waals surface area (Å²) in [4.78, 5) is 13.1. The van der Waals surface area contributed by atoms with Crippen molar-refractivity contribution in [1.29, 1.82) is 0 Å². The van der Waals surface area contributed by atoms with Crippen LogP contribution >= 0.6 is 0 Å². The first kappa shape index (κ1) is 18.8. The minimum Gasteiger partial charge on any atom is -0.478 e. The molecule has 0 atom stereocenters. The summed E-state index contributed by atoms with van der Waals surface area (Å²) < 4.78 is 6.11. The molecule has 1 amide bonds. The second-order valence-electron chi connectivity index (χ2n) is 10.8. The Morgan fingerprint density at radius 1 is 0.889 bits per heavy atom. The average molecular weight is 370 g/mol. The number of nitrogens with one attached hydrogen (secondary N) is 1. The van der Waals surface area contributed by atoms with E-state index in [2.05, 4.69) is 38.2 Å². The zero-order valence-electron chi connectivity index (χ0n) is 17.5. The standard InChI is InChI=1S/C24H35NO2/c1-23(2,3)19-6-8-20(9-7-19)27-24(4,5)22(26)25-21-17-11-15-10-16(13-17)14-18(21)12-15/h6-9,15-18,21H,10-14H2,1-5H3,(H,25,26). The highest BCUT2D eigenvalue weighted by atomic mass is 16.5. The molecule has 27 heavy (non-hydrogen) atoms. The molecule has 4 aliphatic carbocycles. The van der Waals surface area contributed by atoms with Crippen molar-refractivity contribution in [3.63, 3.8) is 0 Å². The summed E-state index contributed by atoms with van der Waals surface area (Å²) in [6.45, 7) is 10.4. The van der Waals surface area contributed by atoms with Gasteiger partial charge >= 0.3 is 0 Å². The summed E-state index contributed by atoms with van der Waals surface area (Å²) in [7, 11) is 0. The molecule has 4 aliphatic rings. The molecule has 3 heteroatoms. The number of benzene rings is 1. The van der Waals surface area contributed by atoms with Gasteiger partial charge in [-0.1, -0.05) is 32.9 Å². The van der Waals surface area contributed by atoms with Crippen LogP contribution < -0.4 is 10.1 Å². The second kappa shape index (κ2) is 6.53. The van der Waals surface area contributed by atoms with Crippen LogP contribution in [0, 0.1) is 23.7 Å². The largest absolute Gasteiger partial charge is 0.478 e. The van der Waals surface area contributed by atoms with Gasteiger partial charge in [0.1, 0.15) is 5.75 Å². The van der Waals surface area contributed by atoms with Crippen molar-refractivity contribution in [3.8, 4) is 5.75 Å². The van der Waals surface area contributed by atoms with Crippen molar-refractivity contribution >= 4 is 5.91 Å². The van der Waals surface area contributed by atoms with E-state index in [1.807, 2.05) is 26.0 Å². The molecule has 5 rings (SSSR count). The summed E-state index contributed by atoms with van der Waals surface area (Å²) in [6, 6.07) is 8.52. The van der Waals surface area contributed by atoms with Crippen molar-refractivity contribution in [2.75, 3.05) is 0 Å². The van der Waals surface area contributed by atoms with E-state index in [1.54, 1.807) is 0 Å². The Bertz CT molecular complexity index is 670. The number of ether oxygens (including phenoxy) is 1. The molecule has 148 valence electrons. The van der Waals surface area contributed by atoms with Gasteiger partial charge in [-0.3, -0.25) is 4.79 Å². The lowest BCUT2D eigenvalue weighted by atomic mass is 9.54. The van der Waals surface area contributed by atoms with Gasteiger partial charge in [0, 0.05) is 6.04 Å². The smallest absolute Gasteiger partial charge is 0.263 e. The van der Waals surface area contributed by atoms with Crippen LogP contribution in [0.1, 0.15) is 72.3 Å². The average Bonchev–Trinajstić information content (AvgIpc) is 2.56. The normalized spacial score (nSPS) is 32.4. The van der Waals surface area contributed by atoms with Gasteiger partial charge in [-0.2, -0.15) is 0 Å². The third-order valence-electron chi connectivity index (χ3n) is 7.16. The number of hydrogen-bond donors (Lipinski definition) is 1. The van der Waals surface area contributed by atoms with Crippen LogP contribution in [-0.2, 0) is 10.2 Å². The fourth-order valence-electron chi connectivity index (χ4n) is 5.85. The molecule has 4 bridgehead atoms. The van der Waals surface area contributed by atoms with E-state index in [4.69, 9.17) is 4.74 Å². The quantitative estimate of drug-likeness (QED) is 0.803. The molecule has 0 aliphatic heterocycles. The molecule has 1 aromatic rings. The van der Waals surface area contributed by atoms with Gasteiger partial charge in [0.05, 0.1) is 0 Å². The lowest BCUT2D eigenvalue weighted by Crippen LogP contribution is -2.59. The van der Waals surface area contributed by atoms with E-state index in [0.29, 0.717) is 17.9 Å².